The number of amides is 2. The summed E-state index contributed by atoms with van der Waals surface area (Å²) in [7, 11) is 2.17. The highest BCUT2D eigenvalue weighted by Crippen LogP contribution is 2.37. The van der Waals surface area contributed by atoms with Crippen LogP contribution >= 0.6 is 11.8 Å². The van der Waals surface area contributed by atoms with Crippen molar-refractivity contribution in [3.8, 4) is 23.3 Å². The molecule has 3 aromatic rings. The number of likely N-dealkylation sites (N-methyl/N-ethyl adjacent to an activating group) is 1. The third-order valence-corrected chi connectivity index (χ3v) is 8.12. The van der Waals surface area contributed by atoms with Crippen LogP contribution in [0.15, 0.2) is 77.7 Å². The Labute approximate surface area is 251 Å². The van der Waals surface area contributed by atoms with Gasteiger partial charge < -0.3 is 19.3 Å². The van der Waals surface area contributed by atoms with Crippen LogP contribution in [0.4, 0.5) is 10.5 Å². The van der Waals surface area contributed by atoms with Gasteiger partial charge in [0.25, 0.3) is 11.1 Å². The fourth-order valence-electron chi connectivity index (χ4n) is 4.80. The quantitative estimate of drug-likeness (QED) is 0.190. The lowest BCUT2D eigenvalue weighted by Gasteiger charge is -2.32. The van der Waals surface area contributed by atoms with Crippen molar-refractivity contribution >= 4 is 34.7 Å². The molecule has 0 aliphatic carbocycles. The first kappa shape index (κ1) is 29.4. The Morgan fingerprint density at radius 1 is 0.881 bits per heavy atom. The van der Waals surface area contributed by atoms with E-state index in [9.17, 15) is 9.59 Å². The minimum absolute atomic E-state index is 0.340. The van der Waals surface area contributed by atoms with E-state index in [0.29, 0.717) is 40.0 Å². The van der Waals surface area contributed by atoms with Gasteiger partial charge in [-0.25, -0.2) is 4.90 Å². The van der Waals surface area contributed by atoms with Crippen LogP contribution in [0.3, 0.4) is 0 Å². The van der Waals surface area contributed by atoms with Gasteiger partial charge in [-0.1, -0.05) is 18.2 Å². The van der Waals surface area contributed by atoms with Gasteiger partial charge in [0.05, 0.1) is 28.8 Å². The number of imide groups is 1. The van der Waals surface area contributed by atoms with Crippen molar-refractivity contribution in [1.82, 2.24) is 9.80 Å². The van der Waals surface area contributed by atoms with Crippen LogP contribution in [-0.4, -0.2) is 67.3 Å². The van der Waals surface area contributed by atoms with Gasteiger partial charge in [-0.2, -0.15) is 5.26 Å². The van der Waals surface area contributed by atoms with Gasteiger partial charge in [0.2, 0.25) is 0 Å². The van der Waals surface area contributed by atoms with Crippen LogP contribution in [0, 0.1) is 11.3 Å². The second kappa shape index (κ2) is 14.2. The molecule has 0 radical (unpaired) electrons. The molecule has 3 aromatic carbocycles. The lowest BCUT2D eigenvalue weighted by Crippen LogP contribution is -2.44. The number of carbonyl (C=O) groups excluding carboxylic acids is 2. The first-order chi connectivity index (χ1) is 20.5. The summed E-state index contributed by atoms with van der Waals surface area (Å²) in [5.74, 6) is 1.53. The van der Waals surface area contributed by atoms with Crippen molar-refractivity contribution in [2.24, 2.45) is 0 Å². The number of thioether (sulfide) groups is 1. The average molecular weight is 583 g/mol. The van der Waals surface area contributed by atoms with E-state index in [-0.39, 0.29) is 11.1 Å². The molecule has 2 aliphatic heterocycles. The third-order valence-electron chi connectivity index (χ3n) is 7.25. The van der Waals surface area contributed by atoms with Crippen LogP contribution in [-0.2, 0) is 4.79 Å². The molecule has 2 fully saturated rings. The molecule has 2 heterocycles. The predicted octanol–water partition coefficient (Wildman–Crippen LogP) is 6.39. The van der Waals surface area contributed by atoms with Crippen LogP contribution in [0.5, 0.6) is 17.2 Å². The van der Waals surface area contributed by atoms with Crippen LogP contribution in [0.25, 0.3) is 6.08 Å². The molecule has 0 atom stereocenters. The maximum atomic E-state index is 13.2. The first-order valence-corrected chi connectivity index (χ1v) is 15.0. The maximum Gasteiger partial charge on any atom is 0.298 e. The Hall–Kier alpha value is -4.10. The van der Waals surface area contributed by atoms with E-state index < -0.39 is 0 Å². The van der Waals surface area contributed by atoms with Crippen molar-refractivity contribution in [2.75, 3.05) is 51.3 Å². The van der Waals surface area contributed by atoms with Gasteiger partial charge in [0, 0.05) is 32.2 Å². The second-order valence-electron chi connectivity index (χ2n) is 10.4. The number of nitrogens with zero attached hydrogens (tertiary/aromatic N) is 4. The monoisotopic (exact) mass is 582 g/mol. The molecule has 0 saturated carbocycles. The Morgan fingerprint density at radius 2 is 1.60 bits per heavy atom. The number of benzene rings is 3. The van der Waals surface area contributed by atoms with Crippen molar-refractivity contribution in [1.29, 1.82) is 5.26 Å². The number of carbonyl (C=O) groups is 2. The molecular formula is C33H34N4O4S. The number of unbranched alkanes of at least 4 members (excludes halogenated alkanes) is 2. The van der Waals surface area contributed by atoms with Crippen LogP contribution in [0.1, 0.15) is 30.4 Å². The van der Waals surface area contributed by atoms with E-state index in [1.807, 2.05) is 18.2 Å². The maximum absolute atomic E-state index is 13.2. The predicted molar refractivity (Wildman–Crippen MR) is 166 cm³/mol. The third kappa shape index (κ3) is 7.79. The molecule has 2 aliphatic rings. The van der Waals surface area contributed by atoms with Gasteiger partial charge in [-0.05, 0) is 105 Å². The van der Waals surface area contributed by atoms with Gasteiger partial charge >= 0.3 is 0 Å². The highest BCUT2D eigenvalue weighted by atomic mass is 32.2. The summed E-state index contributed by atoms with van der Waals surface area (Å²) >= 11 is 0.920. The summed E-state index contributed by atoms with van der Waals surface area (Å²) in [4.78, 5) is 32.5. The summed E-state index contributed by atoms with van der Waals surface area (Å²) < 4.78 is 11.8. The Bertz CT molecular complexity index is 1460. The van der Waals surface area contributed by atoms with E-state index in [4.69, 9.17) is 14.7 Å². The fourth-order valence-corrected chi connectivity index (χ4v) is 5.64. The van der Waals surface area contributed by atoms with Crippen LogP contribution in [0.2, 0.25) is 0 Å². The van der Waals surface area contributed by atoms with Crippen molar-refractivity contribution in [2.45, 2.75) is 19.3 Å². The summed E-state index contributed by atoms with van der Waals surface area (Å²) in [6, 6.07) is 23.3. The second-order valence-corrected chi connectivity index (χ2v) is 11.4. The van der Waals surface area contributed by atoms with E-state index in [2.05, 4.69) is 22.9 Å². The van der Waals surface area contributed by atoms with Crippen molar-refractivity contribution < 1.29 is 19.1 Å². The number of nitriles is 1. The summed E-state index contributed by atoms with van der Waals surface area (Å²) in [6.45, 7) is 6.30. The molecule has 0 unspecified atom stereocenters. The molecule has 0 spiro atoms. The first-order valence-electron chi connectivity index (χ1n) is 14.2. The minimum Gasteiger partial charge on any atom is -0.494 e. The molecule has 0 N–H and O–H groups in total. The number of rotatable bonds is 11. The Balaban J connectivity index is 1.12. The minimum atomic E-state index is -0.357. The lowest BCUT2D eigenvalue weighted by molar-refractivity contribution is -0.113. The Kier molecular flexibility index (Phi) is 9.93. The number of hydrogen-bond acceptors (Lipinski definition) is 8. The number of piperazine rings is 1. The van der Waals surface area contributed by atoms with E-state index in [1.54, 1.807) is 60.7 Å². The zero-order chi connectivity index (χ0) is 29.3. The standard InChI is InChI=1S/C33H34N4O4S/c1-35-17-19-36(20-18-35)16-3-2-4-21-40-30-7-5-6-27(23-30)37-32(38)31(42-33(37)39)22-25-8-12-28(13-9-25)41-29-14-10-26(24-34)11-15-29/h5-15,22-23H,2-4,16-21H2,1H3. The molecule has 42 heavy (non-hydrogen) atoms. The number of anilines is 1. The molecule has 0 aromatic heterocycles. The average Bonchev–Trinajstić information content (AvgIpc) is 3.29. The molecule has 2 saturated heterocycles. The van der Waals surface area contributed by atoms with Gasteiger partial charge in [-0.15, -0.1) is 0 Å². The highest BCUT2D eigenvalue weighted by Gasteiger charge is 2.36. The number of hydrogen-bond donors (Lipinski definition) is 0. The molecule has 5 rings (SSSR count). The molecule has 8 nitrogen and oxygen atoms in total. The summed E-state index contributed by atoms with van der Waals surface area (Å²) in [6.07, 6.45) is 4.92. The van der Waals surface area contributed by atoms with Crippen LogP contribution < -0.4 is 14.4 Å². The molecule has 9 heteroatoms. The fraction of sp³-hybridized carbons (Fsp3) is 0.303. The molecule has 216 valence electrons. The normalized spacial score (nSPS) is 17.0. The zero-order valence-corrected chi connectivity index (χ0v) is 24.5. The largest absolute Gasteiger partial charge is 0.494 e. The molecular weight excluding hydrogens is 548 g/mol. The van der Waals surface area contributed by atoms with E-state index in [0.717, 1.165) is 69.3 Å². The zero-order valence-electron chi connectivity index (χ0n) is 23.7. The SMILES string of the molecule is CN1CCN(CCCCCOc2cccc(N3C(=O)SC(=Cc4ccc(Oc5ccc(C#N)cc5)cc4)C3=O)c2)CC1. The summed E-state index contributed by atoms with van der Waals surface area (Å²) in [5, 5.41) is 8.59. The molecule has 2 amide bonds. The number of ether oxygens (including phenoxy) is 2. The smallest absolute Gasteiger partial charge is 0.298 e. The van der Waals surface area contributed by atoms with Gasteiger partial charge in [0.15, 0.2) is 0 Å². The van der Waals surface area contributed by atoms with E-state index >= 15 is 0 Å². The van der Waals surface area contributed by atoms with Crippen molar-refractivity contribution in [3.05, 3.63) is 88.8 Å². The van der Waals surface area contributed by atoms with Gasteiger partial charge in [-0.3, -0.25) is 9.59 Å². The highest BCUT2D eigenvalue weighted by molar-refractivity contribution is 8.19. The summed E-state index contributed by atoms with van der Waals surface area (Å²) in [5.41, 5.74) is 1.84. The van der Waals surface area contributed by atoms with E-state index in [1.165, 1.54) is 4.90 Å². The Morgan fingerprint density at radius 3 is 2.31 bits per heavy atom. The lowest BCUT2D eigenvalue weighted by atomic mass is 10.2. The topological polar surface area (TPSA) is 86.1 Å². The van der Waals surface area contributed by atoms with Gasteiger partial charge in [0.1, 0.15) is 17.2 Å². The molecule has 0 bridgehead atoms. The van der Waals surface area contributed by atoms with Crippen molar-refractivity contribution in [3.63, 3.8) is 0 Å².